The third kappa shape index (κ3) is 15.8. The molecule has 22 heavy (non-hydrogen) atoms. The van der Waals surface area contributed by atoms with E-state index in [0.29, 0.717) is 0 Å². The van der Waals surface area contributed by atoms with E-state index in [1.807, 2.05) is 0 Å². The average Bonchev–Trinajstić information content (AvgIpc) is 2.48. The Morgan fingerprint density at radius 1 is 0.364 bits per heavy atom. The van der Waals surface area contributed by atoms with E-state index in [0.717, 1.165) is 0 Å². The van der Waals surface area contributed by atoms with E-state index in [9.17, 15) is 0 Å². The van der Waals surface area contributed by atoms with Crippen LogP contribution in [0.1, 0.15) is 0 Å². The Bertz CT molecular complexity index is 266. The Hall–Kier alpha value is 15.3. The Morgan fingerprint density at radius 2 is 0.591 bits per heavy atom. The quantitative estimate of drug-likeness (QED) is 0.159. The summed E-state index contributed by atoms with van der Waals surface area (Å²) in [5.41, 5.74) is 0. The van der Waals surface area contributed by atoms with Crippen LogP contribution in [-0.4, -0.2) is 4.93 Å². The van der Waals surface area contributed by atoms with Crippen LogP contribution >= 0.6 is 288 Å². The first-order valence-corrected chi connectivity index (χ1v) is 131. The molecular formula is CH3I21. The zero-order chi connectivity index (χ0) is 17.8. The number of hydrogen-bond donors (Lipinski definition) is 0. The fraction of sp³-hybridized carbons (Fsp3) is 1.00. The van der Waals surface area contributed by atoms with Crippen molar-refractivity contribution in [3.63, 3.8) is 0 Å². The van der Waals surface area contributed by atoms with Crippen LogP contribution in [-0.2, 0) is 0 Å². The molecular weight excluding hydrogens is 2680 g/mol. The Balaban J connectivity index is 4.86. The fourth-order valence-electron chi connectivity index (χ4n) is 0.272. The van der Waals surface area contributed by atoms with Crippen LogP contribution in [0.25, 0.3) is 0 Å². The molecule has 0 spiro atoms. The van der Waals surface area contributed by atoms with Gasteiger partial charge in [0.2, 0.25) is 0 Å². The van der Waals surface area contributed by atoms with Gasteiger partial charge in [0.25, 0.3) is 0 Å². The number of halogens is 21. The van der Waals surface area contributed by atoms with Gasteiger partial charge in [0, 0.05) is 0 Å². The van der Waals surface area contributed by atoms with Gasteiger partial charge < -0.3 is 0 Å². The second kappa shape index (κ2) is 22.1. The topological polar surface area (TPSA) is 0 Å². The van der Waals surface area contributed by atoms with Gasteiger partial charge in [0.15, 0.2) is 0 Å². The molecule has 0 aliphatic heterocycles. The van der Waals surface area contributed by atoms with E-state index in [1.165, 1.54) is 0 Å². The van der Waals surface area contributed by atoms with E-state index < -0.39 is 75.0 Å². The van der Waals surface area contributed by atoms with Crippen molar-refractivity contribution < 1.29 is 0 Å². The van der Waals surface area contributed by atoms with Crippen LogP contribution in [0.3, 0.4) is 0 Å². The molecule has 0 saturated heterocycles. The monoisotopic (exact) mass is 2680 g/mol. The van der Waals surface area contributed by atoms with Gasteiger partial charge in [-0.1, -0.05) is 0 Å². The molecule has 0 heterocycles. The predicted molar refractivity (Wildman–Crippen MR) is 300 cm³/mol. The third-order valence-electron chi connectivity index (χ3n) is 0.802. The summed E-state index contributed by atoms with van der Waals surface area (Å²) < 4.78 is 0. The number of alkyl halides is 1. The van der Waals surface area contributed by atoms with Crippen LogP contribution in [0.2, 0.25) is 0 Å². The maximum atomic E-state index is 3.19. The third-order valence-corrected chi connectivity index (χ3v) is 1440. The normalized spacial score (nSPS) is 18.0. The first-order valence-electron chi connectivity index (χ1n) is 3.24. The van der Waals surface area contributed by atoms with Gasteiger partial charge in [0.1, 0.15) is 0 Å². The summed E-state index contributed by atoms with van der Waals surface area (Å²) in [7, 11) is -3.71. The molecule has 0 radical (unpaired) electrons. The van der Waals surface area contributed by atoms with Gasteiger partial charge in [-0.25, -0.2) is 0 Å². The molecule has 0 unspecified atom stereocenters. The molecule has 0 aliphatic carbocycles. The van der Waals surface area contributed by atoms with Crippen molar-refractivity contribution in [2.75, 3.05) is 4.93 Å². The van der Waals surface area contributed by atoms with Crippen LogP contribution in [0.5, 0.6) is 0 Å². The van der Waals surface area contributed by atoms with Gasteiger partial charge in [0.05, 0.1) is 0 Å². The fourth-order valence-corrected chi connectivity index (χ4v) is 3230. The van der Waals surface area contributed by atoms with Gasteiger partial charge in [-0.2, -0.15) is 0 Å². The van der Waals surface area contributed by atoms with Crippen molar-refractivity contribution in [3.8, 4) is 0 Å². The molecule has 0 fully saturated rings. The summed E-state index contributed by atoms with van der Waals surface area (Å²) >= 11 is 33.4. The summed E-state index contributed by atoms with van der Waals surface area (Å²) in [6.07, 6.45) is 0. The SMILES string of the molecule is CI(I)I(I)I(I)I(I)I(I)I(I)I(I)I(I)I(I)I(I)I. The molecule has 0 aromatic carbocycles. The van der Waals surface area contributed by atoms with Gasteiger partial charge in [-0.15, -0.1) is 0 Å². The van der Waals surface area contributed by atoms with E-state index >= 15 is 0 Å². The zero-order valence-corrected chi connectivity index (χ0v) is 54.2. The molecule has 0 amide bonds. The number of hydrogen-bond acceptors (Lipinski definition) is 0. The van der Waals surface area contributed by atoms with Crippen molar-refractivity contribution in [2.24, 2.45) is 0 Å². The Labute approximate surface area is 276 Å². The molecule has 0 saturated carbocycles. The van der Waals surface area contributed by atoms with Crippen LogP contribution in [0, 0.1) is 0 Å². The van der Waals surface area contributed by atoms with Gasteiger partial charge in [-0.3, -0.25) is 0 Å². The molecule has 0 aromatic heterocycles. The molecule has 0 aromatic rings. The second-order valence-corrected chi connectivity index (χ2v) is 469. The van der Waals surface area contributed by atoms with E-state index in [1.54, 1.807) is 0 Å². The summed E-state index contributed by atoms with van der Waals surface area (Å²) in [6, 6.07) is 0. The van der Waals surface area contributed by atoms with Crippen LogP contribution in [0.4, 0.5) is 0 Å². The minimum absolute atomic E-state index is 0.385. The molecule has 0 aliphatic rings. The molecule has 0 N–H and O–H groups in total. The van der Waals surface area contributed by atoms with E-state index in [4.69, 9.17) is 0 Å². The molecule has 154 valence electrons. The summed E-state index contributed by atoms with van der Waals surface area (Å²) in [4.78, 5) is 2.68. The molecule has 0 bridgehead atoms. The van der Waals surface area contributed by atoms with E-state index in [-0.39, 0.29) is 7.89 Å². The van der Waals surface area contributed by atoms with Gasteiger partial charge in [-0.05, 0) is 0 Å². The van der Waals surface area contributed by atoms with Crippen LogP contribution in [0.15, 0.2) is 0 Å². The predicted octanol–water partition coefficient (Wildman–Crippen LogP) is 18.8. The first kappa shape index (κ1) is 37.3. The Morgan fingerprint density at radius 3 is 0.818 bits per heavy atom. The summed E-state index contributed by atoms with van der Waals surface area (Å²) in [6.45, 7) is 0. The first-order chi connectivity index (χ1) is 9.93. The molecule has 0 nitrogen and oxygen atoms in total. The maximum absolute atomic E-state index is 3.19. The Kier molecular flexibility index (Phi) is 37.4. The molecule has 0 atom stereocenters. The van der Waals surface area contributed by atoms with Crippen molar-refractivity contribution in [3.05, 3.63) is 0 Å². The van der Waals surface area contributed by atoms with Crippen molar-refractivity contribution in [1.82, 2.24) is 0 Å². The molecule has 21 heteroatoms. The van der Waals surface area contributed by atoms with Crippen molar-refractivity contribution in [2.45, 2.75) is 0 Å². The summed E-state index contributed by atoms with van der Waals surface area (Å²) in [5.74, 6) is 0. The zero-order valence-electron chi connectivity index (χ0n) is 8.94. The van der Waals surface area contributed by atoms with Gasteiger partial charge >= 0.3 is 293 Å². The van der Waals surface area contributed by atoms with Crippen molar-refractivity contribution >= 4 is 288 Å². The molecule has 0 rings (SSSR count). The minimum atomic E-state index is -0.446. The standard InChI is InChI=1S/CH3I21/c1-13(2)15(5)17(7)19(9)21(11)22(12)20(10)18(8)16(6)14(3)4/h1H3. The average molecular weight is 2680 g/mol. The van der Waals surface area contributed by atoms with Crippen molar-refractivity contribution in [1.29, 1.82) is 0 Å². The number of rotatable bonds is 9. The second-order valence-electron chi connectivity index (χ2n) is 1.80. The van der Waals surface area contributed by atoms with Crippen LogP contribution < -0.4 is 0 Å². The van der Waals surface area contributed by atoms with E-state index in [2.05, 4.69) is 210 Å². The summed E-state index contributed by atoms with van der Waals surface area (Å²) in [5, 5.41) is 0.